The second kappa shape index (κ2) is 4.28. The highest BCUT2D eigenvalue weighted by molar-refractivity contribution is 5.73. The van der Waals surface area contributed by atoms with Crippen molar-refractivity contribution in [2.45, 2.75) is 33.1 Å². The molecule has 1 heterocycles. The lowest BCUT2D eigenvalue weighted by atomic mass is 9.95. The lowest BCUT2D eigenvalue weighted by Gasteiger charge is -2.15. The molecule has 0 spiro atoms. The van der Waals surface area contributed by atoms with Crippen molar-refractivity contribution in [3.8, 4) is 0 Å². The van der Waals surface area contributed by atoms with Gasteiger partial charge in [-0.1, -0.05) is 29.3 Å². The van der Waals surface area contributed by atoms with Gasteiger partial charge in [0, 0.05) is 25.9 Å². The Balaban J connectivity index is 2.17. The Morgan fingerprint density at radius 2 is 1.88 bits per heavy atom. The van der Waals surface area contributed by atoms with E-state index in [1.807, 2.05) is 4.90 Å². The van der Waals surface area contributed by atoms with Crippen LogP contribution in [-0.2, 0) is 4.79 Å². The molecule has 1 amide bonds. The van der Waals surface area contributed by atoms with E-state index in [1.165, 1.54) is 16.7 Å². The van der Waals surface area contributed by atoms with Crippen LogP contribution < -0.4 is 0 Å². The summed E-state index contributed by atoms with van der Waals surface area (Å²) in [5.74, 6) is 0.731. The van der Waals surface area contributed by atoms with Gasteiger partial charge in [-0.3, -0.25) is 4.79 Å². The molecule has 0 bridgehead atoms. The molecule has 0 radical (unpaired) electrons. The molecule has 16 heavy (non-hydrogen) atoms. The number of benzene rings is 1. The van der Waals surface area contributed by atoms with Crippen LogP contribution in [0.25, 0.3) is 0 Å². The summed E-state index contributed by atoms with van der Waals surface area (Å²) in [4.78, 5) is 13.2. The summed E-state index contributed by atoms with van der Waals surface area (Å²) < 4.78 is 0. The Hall–Kier alpha value is -1.31. The lowest BCUT2D eigenvalue weighted by Crippen LogP contribution is -2.25. The van der Waals surface area contributed by atoms with E-state index in [0.717, 1.165) is 19.5 Å². The molecule has 0 aliphatic carbocycles. The number of hydrogen-bond acceptors (Lipinski definition) is 1. The smallest absolute Gasteiger partial charge is 0.219 e. The van der Waals surface area contributed by atoms with Crippen molar-refractivity contribution in [3.63, 3.8) is 0 Å². The van der Waals surface area contributed by atoms with Gasteiger partial charge >= 0.3 is 0 Å². The van der Waals surface area contributed by atoms with E-state index in [0.29, 0.717) is 5.92 Å². The molecule has 1 aliphatic rings. The topological polar surface area (TPSA) is 20.3 Å². The van der Waals surface area contributed by atoms with E-state index in [9.17, 15) is 4.79 Å². The van der Waals surface area contributed by atoms with Crippen LogP contribution in [0.5, 0.6) is 0 Å². The molecular weight excluding hydrogens is 198 g/mol. The number of rotatable bonds is 1. The van der Waals surface area contributed by atoms with Crippen LogP contribution in [0.3, 0.4) is 0 Å². The maximum Gasteiger partial charge on any atom is 0.219 e. The number of hydrogen-bond donors (Lipinski definition) is 0. The van der Waals surface area contributed by atoms with Gasteiger partial charge in [0.2, 0.25) is 5.91 Å². The van der Waals surface area contributed by atoms with Crippen LogP contribution in [0, 0.1) is 13.8 Å². The van der Waals surface area contributed by atoms with Crippen molar-refractivity contribution in [2.75, 3.05) is 13.1 Å². The van der Waals surface area contributed by atoms with Crippen LogP contribution in [0.1, 0.15) is 36.0 Å². The summed E-state index contributed by atoms with van der Waals surface area (Å²) in [7, 11) is 0. The fraction of sp³-hybridized carbons (Fsp3) is 0.500. The molecule has 86 valence electrons. The molecule has 2 heteroatoms. The van der Waals surface area contributed by atoms with E-state index >= 15 is 0 Å². The maximum absolute atomic E-state index is 11.3. The van der Waals surface area contributed by atoms with Crippen LogP contribution in [0.4, 0.5) is 0 Å². The lowest BCUT2D eigenvalue weighted by molar-refractivity contribution is -0.127. The van der Waals surface area contributed by atoms with Crippen molar-refractivity contribution in [1.82, 2.24) is 4.90 Å². The van der Waals surface area contributed by atoms with Gasteiger partial charge in [0.15, 0.2) is 0 Å². The van der Waals surface area contributed by atoms with Crippen LogP contribution in [-0.4, -0.2) is 23.9 Å². The van der Waals surface area contributed by atoms with Crippen molar-refractivity contribution in [2.24, 2.45) is 0 Å². The van der Waals surface area contributed by atoms with E-state index < -0.39 is 0 Å². The second-order valence-electron chi connectivity index (χ2n) is 4.87. The SMILES string of the molecule is CC(=O)N1CCC(c2cc(C)cc(C)c2)C1. The molecule has 2 nitrogen and oxygen atoms in total. The third kappa shape index (κ3) is 2.26. The van der Waals surface area contributed by atoms with Gasteiger partial charge in [-0.25, -0.2) is 0 Å². The first-order chi connectivity index (χ1) is 7.56. The Labute approximate surface area is 97.3 Å². The molecule has 1 aromatic rings. The van der Waals surface area contributed by atoms with E-state index in [1.54, 1.807) is 6.92 Å². The summed E-state index contributed by atoms with van der Waals surface area (Å²) in [5, 5.41) is 0. The quantitative estimate of drug-likeness (QED) is 0.708. The molecule has 1 atom stereocenters. The average molecular weight is 217 g/mol. The van der Waals surface area contributed by atoms with Crippen LogP contribution >= 0.6 is 0 Å². The van der Waals surface area contributed by atoms with E-state index in [2.05, 4.69) is 32.0 Å². The van der Waals surface area contributed by atoms with Gasteiger partial charge in [0.25, 0.3) is 0 Å². The van der Waals surface area contributed by atoms with Gasteiger partial charge in [-0.05, 0) is 25.8 Å². The first kappa shape index (κ1) is 11.2. The summed E-state index contributed by atoms with van der Waals surface area (Å²) >= 11 is 0. The summed E-state index contributed by atoms with van der Waals surface area (Å²) in [6, 6.07) is 6.70. The van der Waals surface area contributed by atoms with Gasteiger partial charge in [0.05, 0.1) is 0 Å². The predicted molar refractivity (Wildman–Crippen MR) is 65.5 cm³/mol. The third-order valence-electron chi connectivity index (χ3n) is 3.35. The molecule has 0 saturated carbocycles. The zero-order chi connectivity index (χ0) is 11.7. The first-order valence-corrected chi connectivity index (χ1v) is 5.90. The highest BCUT2D eigenvalue weighted by Gasteiger charge is 2.25. The fourth-order valence-corrected chi connectivity index (χ4v) is 2.56. The van der Waals surface area contributed by atoms with Crippen molar-refractivity contribution >= 4 is 5.91 Å². The van der Waals surface area contributed by atoms with Crippen LogP contribution in [0.15, 0.2) is 18.2 Å². The first-order valence-electron chi connectivity index (χ1n) is 5.90. The number of carbonyl (C=O) groups is 1. The minimum absolute atomic E-state index is 0.201. The highest BCUT2D eigenvalue weighted by atomic mass is 16.2. The van der Waals surface area contributed by atoms with Crippen molar-refractivity contribution < 1.29 is 4.79 Å². The molecule has 0 aromatic heterocycles. The van der Waals surface area contributed by atoms with E-state index in [-0.39, 0.29) is 5.91 Å². The van der Waals surface area contributed by atoms with Crippen molar-refractivity contribution in [3.05, 3.63) is 34.9 Å². The third-order valence-corrected chi connectivity index (χ3v) is 3.35. The minimum atomic E-state index is 0.201. The molecule has 1 aliphatic heterocycles. The number of carbonyl (C=O) groups excluding carboxylic acids is 1. The van der Waals surface area contributed by atoms with Gasteiger partial charge in [-0.15, -0.1) is 0 Å². The summed E-state index contributed by atoms with van der Waals surface area (Å²) in [5.41, 5.74) is 4.02. The number of nitrogens with zero attached hydrogens (tertiary/aromatic N) is 1. The summed E-state index contributed by atoms with van der Waals surface area (Å²) in [6.07, 6.45) is 1.10. The van der Waals surface area contributed by atoms with Crippen molar-refractivity contribution in [1.29, 1.82) is 0 Å². The Morgan fingerprint density at radius 3 is 2.38 bits per heavy atom. The molecule has 1 fully saturated rings. The summed E-state index contributed by atoms with van der Waals surface area (Å²) in [6.45, 7) is 7.72. The fourth-order valence-electron chi connectivity index (χ4n) is 2.56. The maximum atomic E-state index is 11.3. The van der Waals surface area contributed by atoms with Gasteiger partial charge < -0.3 is 4.90 Å². The molecule has 1 saturated heterocycles. The van der Waals surface area contributed by atoms with Gasteiger partial charge in [-0.2, -0.15) is 0 Å². The van der Waals surface area contributed by atoms with E-state index in [4.69, 9.17) is 0 Å². The Kier molecular flexibility index (Phi) is 2.99. The Bertz CT molecular complexity index is 391. The second-order valence-corrected chi connectivity index (χ2v) is 4.87. The van der Waals surface area contributed by atoms with Crippen LogP contribution in [0.2, 0.25) is 0 Å². The molecule has 0 N–H and O–H groups in total. The number of likely N-dealkylation sites (tertiary alicyclic amines) is 1. The monoisotopic (exact) mass is 217 g/mol. The number of aryl methyl sites for hydroxylation is 2. The standard InChI is InChI=1S/C14H19NO/c1-10-6-11(2)8-14(7-10)13-4-5-15(9-13)12(3)16/h6-8,13H,4-5,9H2,1-3H3. The zero-order valence-corrected chi connectivity index (χ0v) is 10.3. The Morgan fingerprint density at radius 1 is 1.25 bits per heavy atom. The normalized spacial score (nSPS) is 20.2. The molecular formula is C14H19NO. The predicted octanol–water partition coefficient (Wildman–Crippen LogP) is 2.64. The molecule has 2 rings (SSSR count). The van der Waals surface area contributed by atoms with Gasteiger partial charge in [0.1, 0.15) is 0 Å². The minimum Gasteiger partial charge on any atom is -0.342 e. The molecule has 1 aromatic carbocycles. The number of amides is 1. The molecule has 1 unspecified atom stereocenters. The largest absolute Gasteiger partial charge is 0.342 e. The highest BCUT2D eigenvalue weighted by Crippen LogP contribution is 2.28. The average Bonchev–Trinajstić information content (AvgIpc) is 2.64. The zero-order valence-electron chi connectivity index (χ0n) is 10.3.